The Morgan fingerprint density at radius 3 is 2.37 bits per heavy atom. The van der Waals surface area contributed by atoms with Crippen LogP contribution in [0.2, 0.25) is 0 Å². The predicted octanol–water partition coefficient (Wildman–Crippen LogP) is 5.84. The van der Waals surface area contributed by atoms with Gasteiger partial charge in [0.2, 0.25) is 0 Å². The molecule has 5 rings (SSSR count). The predicted molar refractivity (Wildman–Crippen MR) is 189 cm³/mol. The van der Waals surface area contributed by atoms with Crippen LogP contribution in [0.5, 0.6) is 5.75 Å². The van der Waals surface area contributed by atoms with Gasteiger partial charge in [0, 0.05) is 55.3 Å². The number of hydrogen-bond donors (Lipinski definition) is 1. The fourth-order valence-corrected chi connectivity index (χ4v) is 6.52. The van der Waals surface area contributed by atoms with Gasteiger partial charge in [-0.25, -0.2) is 8.51 Å². The van der Waals surface area contributed by atoms with Crippen LogP contribution in [0.25, 0.3) is 28.2 Å². The summed E-state index contributed by atoms with van der Waals surface area (Å²) in [6.07, 6.45) is 9.48. The van der Waals surface area contributed by atoms with E-state index in [1.165, 1.54) is 29.1 Å². The molecule has 0 radical (unpaired) electrons. The first kappa shape index (κ1) is 35.1. The van der Waals surface area contributed by atoms with Crippen molar-refractivity contribution >= 4 is 40.0 Å². The number of fused-ring (bicyclic) bond motifs is 5. The first-order chi connectivity index (χ1) is 22.0. The number of methoxy groups -OCH3 is 1. The fraction of sp³-hybridized carbons (Fsp3) is 0.444. The van der Waals surface area contributed by atoms with E-state index in [4.69, 9.17) is 4.74 Å². The highest BCUT2D eigenvalue weighted by atomic mass is 32.2. The lowest BCUT2D eigenvalue weighted by molar-refractivity contribution is -0.125. The van der Waals surface area contributed by atoms with Crippen LogP contribution in [0.15, 0.2) is 54.6 Å². The first-order valence-electron chi connectivity index (χ1n) is 16.0. The van der Waals surface area contributed by atoms with E-state index in [1.807, 2.05) is 36.4 Å². The summed E-state index contributed by atoms with van der Waals surface area (Å²) in [7, 11) is 10.8. The minimum Gasteiger partial charge on any atom is -0.497 e. The third kappa shape index (κ3) is 7.79. The van der Waals surface area contributed by atoms with Crippen LogP contribution in [0.4, 0.5) is 0 Å². The highest BCUT2D eigenvalue weighted by molar-refractivity contribution is 7.81. The summed E-state index contributed by atoms with van der Waals surface area (Å²) >= 11 is -1.64. The molecule has 2 amide bonds. The largest absolute Gasteiger partial charge is 0.497 e. The van der Waals surface area contributed by atoms with E-state index in [-0.39, 0.29) is 5.91 Å². The molecule has 0 bridgehead atoms. The van der Waals surface area contributed by atoms with Gasteiger partial charge in [-0.05, 0) is 86.9 Å². The molecule has 2 heterocycles. The molecule has 1 unspecified atom stereocenters. The molecule has 0 spiro atoms. The van der Waals surface area contributed by atoms with Gasteiger partial charge < -0.3 is 19.1 Å². The maximum absolute atomic E-state index is 13.7. The second-order valence-electron chi connectivity index (χ2n) is 12.4. The van der Waals surface area contributed by atoms with Gasteiger partial charge in [0.25, 0.3) is 11.8 Å². The molecule has 2 aromatic carbocycles. The number of nitrogens with zero attached hydrogens (tertiary/aromatic N) is 4. The first-order valence-corrected chi connectivity index (χ1v) is 17.1. The van der Waals surface area contributed by atoms with Gasteiger partial charge in [0.15, 0.2) is 11.2 Å². The SMILES string of the molecule is C=CCN(C)C(=O)C1=Cc2cc(OC)ccc2-c2c(C3CCCCC3)c3ccc(C(=O)NS(=O)N(C)C)cc3n2C1.CCN(C)C. The minimum absolute atomic E-state index is 0.0807. The molecule has 1 aliphatic heterocycles. The van der Waals surface area contributed by atoms with Crippen LogP contribution in [0, 0.1) is 0 Å². The van der Waals surface area contributed by atoms with Crippen LogP contribution < -0.4 is 9.46 Å². The molecule has 1 aromatic heterocycles. The Hall–Kier alpha value is -3.73. The molecule has 46 heavy (non-hydrogen) atoms. The lowest BCUT2D eigenvalue weighted by Crippen LogP contribution is -2.34. The Kier molecular flexibility index (Phi) is 12.0. The van der Waals surface area contributed by atoms with Gasteiger partial charge in [0.1, 0.15) is 5.75 Å². The lowest BCUT2D eigenvalue weighted by atomic mass is 9.81. The molecular weight excluding hydrogens is 598 g/mol. The van der Waals surface area contributed by atoms with E-state index >= 15 is 0 Å². The minimum atomic E-state index is -1.64. The Morgan fingerprint density at radius 2 is 1.76 bits per heavy atom. The van der Waals surface area contributed by atoms with Crippen molar-refractivity contribution in [1.82, 2.24) is 23.4 Å². The maximum atomic E-state index is 13.7. The van der Waals surface area contributed by atoms with Gasteiger partial charge in [-0.1, -0.05) is 38.3 Å². The molecule has 248 valence electrons. The summed E-state index contributed by atoms with van der Waals surface area (Å²) in [6, 6.07) is 11.7. The third-order valence-corrected chi connectivity index (χ3v) is 9.74. The molecule has 1 aliphatic carbocycles. The molecule has 1 fully saturated rings. The van der Waals surface area contributed by atoms with Crippen molar-refractivity contribution in [2.24, 2.45) is 0 Å². The van der Waals surface area contributed by atoms with E-state index in [0.717, 1.165) is 52.9 Å². The van der Waals surface area contributed by atoms with Gasteiger partial charge in [-0.15, -0.1) is 6.58 Å². The van der Waals surface area contributed by atoms with Gasteiger partial charge in [-0.2, -0.15) is 0 Å². The van der Waals surface area contributed by atoms with Gasteiger partial charge >= 0.3 is 0 Å². The smallest absolute Gasteiger partial charge is 0.264 e. The number of benzene rings is 2. The zero-order valence-electron chi connectivity index (χ0n) is 28.4. The molecule has 1 saturated carbocycles. The molecular formula is C36H49N5O4S. The average molecular weight is 648 g/mol. The zero-order chi connectivity index (χ0) is 33.5. The van der Waals surface area contributed by atoms with Crippen molar-refractivity contribution in [3.8, 4) is 17.0 Å². The Bertz CT molecular complexity index is 1630. The molecule has 1 N–H and O–H groups in total. The van der Waals surface area contributed by atoms with E-state index in [9.17, 15) is 13.8 Å². The average Bonchev–Trinajstić information content (AvgIpc) is 3.27. The number of carbonyl (C=O) groups is 2. The second-order valence-corrected chi connectivity index (χ2v) is 13.8. The number of likely N-dealkylation sites (N-methyl/N-ethyl adjacent to an activating group) is 1. The quantitative estimate of drug-likeness (QED) is 0.295. The molecule has 1 atom stereocenters. The van der Waals surface area contributed by atoms with Crippen molar-refractivity contribution in [3.05, 3.63) is 71.3 Å². The van der Waals surface area contributed by atoms with Crippen molar-refractivity contribution < 1.29 is 18.5 Å². The number of rotatable bonds is 9. The zero-order valence-corrected chi connectivity index (χ0v) is 29.2. The van der Waals surface area contributed by atoms with Gasteiger partial charge in [0.05, 0.1) is 19.3 Å². The van der Waals surface area contributed by atoms with Crippen molar-refractivity contribution in [3.63, 3.8) is 0 Å². The monoisotopic (exact) mass is 647 g/mol. The van der Waals surface area contributed by atoms with Crippen LogP contribution in [0.3, 0.4) is 0 Å². The Labute approximate surface area is 276 Å². The lowest BCUT2D eigenvalue weighted by Gasteiger charge is -2.24. The summed E-state index contributed by atoms with van der Waals surface area (Å²) < 4.78 is 24.1. The van der Waals surface area contributed by atoms with E-state index in [0.29, 0.717) is 30.1 Å². The van der Waals surface area contributed by atoms with E-state index in [2.05, 4.69) is 47.9 Å². The maximum Gasteiger partial charge on any atom is 0.264 e. The van der Waals surface area contributed by atoms with Crippen LogP contribution in [-0.4, -0.2) is 90.1 Å². The molecule has 3 aromatic rings. The number of aromatic nitrogens is 1. The summed E-state index contributed by atoms with van der Waals surface area (Å²) in [4.78, 5) is 30.6. The fourth-order valence-electron chi connectivity index (χ4n) is 6.06. The van der Waals surface area contributed by atoms with Crippen LogP contribution in [0.1, 0.15) is 66.4 Å². The standard InChI is InChI=1S/C32H38N4O4S.C4H11N/c1-6-16-35(4)32(38)24-17-23-18-25(40-5)13-15-26(23)30-29(21-10-8-7-9-11-21)27-14-12-22(19-28(27)36(30)20-24)31(37)33-41(39)34(2)3;1-4-5(2)3/h6,12-15,17-19,21H,1,7-11,16,20H2,2-5H3,(H,33,37);4H2,1-3H3. The highest BCUT2D eigenvalue weighted by Crippen LogP contribution is 2.47. The Balaban J connectivity index is 0.000000892. The summed E-state index contributed by atoms with van der Waals surface area (Å²) in [5.74, 6) is 0.606. The van der Waals surface area contributed by atoms with Crippen LogP contribution >= 0.6 is 0 Å². The second kappa shape index (κ2) is 15.7. The number of nitrogens with one attached hydrogen (secondary N) is 1. The van der Waals surface area contributed by atoms with Crippen molar-refractivity contribution in [2.75, 3.05) is 55.4 Å². The van der Waals surface area contributed by atoms with Crippen LogP contribution in [-0.2, 0) is 22.5 Å². The summed E-state index contributed by atoms with van der Waals surface area (Å²) in [5, 5.41) is 1.09. The van der Waals surface area contributed by atoms with Gasteiger partial charge in [-0.3, -0.25) is 14.3 Å². The number of ether oxygens (including phenoxy) is 1. The number of hydrogen-bond acceptors (Lipinski definition) is 5. The topological polar surface area (TPSA) is 87.1 Å². The van der Waals surface area contributed by atoms with E-state index in [1.54, 1.807) is 39.2 Å². The number of amides is 2. The number of carbonyl (C=O) groups excluding carboxylic acids is 2. The summed E-state index contributed by atoms with van der Waals surface area (Å²) in [6.45, 7) is 7.84. The Morgan fingerprint density at radius 1 is 1.07 bits per heavy atom. The molecule has 9 nitrogen and oxygen atoms in total. The third-order valence-electron chi connectivity index (χ3n) is 8.72. The molecule has 0 saturated heterocycles. The normalized spacial score (nSPS) is 15.2. The van der Waals surface area contributed by atoms with E-state index < -0.39 is 17.1 Å². The van der Waals surface area contributed by atoms with Crippen molar-refractivity contribution in [1.29, 1.82) is 0 Å². The highest BCUT2D eigenvalue weighted by Gasteiger charge is 2.31. The molecule has 2 aliphatic rings. The van der Waals surface area contributed by atoms with Crippen molar-refractivity contribution in [2.45, 2.75) is 51.5 Å². The molecule has 10 heteroatoms. The summed E-state index contributed by atoms with van der Waals surface area (Å²) in [5.41, 5.74) is 6.27.